The van der Waals surface area contributed by atoms with Gasteiger partial charge in [0.15, 0.2) is 9.84 Å². The molecule has 0 radical (unpaired) electrons. The lowest BCUT2D eigenvalue weighted by atomic mass is 10.1. The van der Waals surface area contributed by atoms with Crippen molar-refractivity contribution in [3.63, 3.8) is 0 Å². The molecule has 106 valence electrons. The van der Waals surface area contributed by atoms with Gasteiger partial charge in [-0.1, -0.05) is 13.8 Å². The van der Waals surface area contributed by atoms with Crippen LogP contribution in [-0.4, -0.2) is 26.7 Å². The summed E-state index contributed by atoms with van der Waals surface area (Å²) in [6, 6.07) is 5.84. The minimum absolute atomic E-state index is 0.0651. The highest BCUT2D eigenvalue weighted by Gasteiger charge is 2.11. The van der Waals surface area contributed by atoms with E-state index in [0.717, 1.165) is 6.26 Å². The Balaban J connectivity index is 2.66. The Labute approximate surface area is 114 Å². The number of hydrogen-bond donors (Lipinski definition) is 2. The minimum Gasteiger partial charge on any atom is -0.335 e. The fourth-order valence-electron chi connectivity index (χ4n) is 1.33. The van der Waals surface area contributed by atoms with E-state index in [4.69, 9.17) is 0 Å². The average Bonchev–Trinajstić information content (AvgIpc) is 2.28. The number of benzene rings is 1. The van der Waals surface area contributed by atoms with Gasteiger partial charge in [0.2, 0.25) is 0 Å². The molecule has 0 saturated carbocycles. The Hall–Kier alpha value is -1.56. The van der Waals surface area contributed by atoms with Crippen LogP contribution in [0.1, 0.15) is 20.8 Å². The van der Waals surface area contributed by atoms with Gasteiger partial charge in [-0.3, -0.25) is 0 Å². The third kappa shape index (κ3) is 4.90. The number of amides is 2. The first-order valence-corrected chi connectivity index (χ1v) is 7.97. The molecule has 0 heterocycles. The van der Waals surface area contributed by atoms with E-state index in [0.29, 0.717) is 11.6 Å². The first-order valence-electron chi connectivity index (χ1n) is 6.08. The number of carbonyl (C=O) groups excluding carboxylic acids is 1. The molecule has 0 bridgehead atoms. The highest BCUT2D eigenvalue weighted by Crippen LogP contribution is 2.13. The molecule has 0 aliphatic rings. The summed E-state index contributed by atoms with van der Waals surface area (Å²) in [6.45, 7) is 5.97. The lowest BCUT2D eigenvalue weighted by molar-refractivity contribution is 0.246. The lowest BCUT2D eigenvalue weighted by Crippen LogP contribution is -2.38. The van der Waals surface area contributed by atoms with Crippen molar-refractivity contribution in [2.75, 3.05) is 11.6 Å². The number of sulfone groups is 1. The molecule has 19 heavy (non-hydrogen) atoms. The van der Waals surface area contributed by atoms with Crippen molar-refractivity contribution < 1.29 is 13.2 Å². The summed E-state index contributed by atoms with van der Waals surface area (Å²) in [5.41, 5.74) is 0.556. The second kappa shape index (κ2) is 6.06. The Morgan fingerprint density at radius 1 is 1.11 bits per heavy atom. The van der Waals surface area contributed by atoms with Crippen LogP contribution in [0.25, 0.3) is 0 Å². The van der Waals surface area contributed by atoms with E-state index in [1.54, 1.807) is 12.1 Å². The van der Waals surface area contributed by atoms with Crippen LogP contribution in [0.5, 0.6) is 0 Å². The van der Waals surface area contributed by atoms with Crippen LogP contribution in [-0.2, 0) is 9.84 Å². The van der Waals surface area contributed by atoms with Gasteiger partial charge in [-0.2, -0.15) is 0 Å². The second-order valence-corrected chi connectivity index (χ2v) is 6.94. The molecule has 1 atom stereocenters. The molecule has 2 N–H and O–H groups in total. The first kappa shape index (κ1) is 15.5. The molecule has 0 aromatic heterocycles. The van der Waals surface area contributed by atoms with E-state index in [-0.39, 0.29) is 17.0 Å². The normalized spacial score (nSPS) is 13.1. The quantitative estimate of drug-likeness (QED) is 0.890. The SMILES string of the molecule is CC(C)[C@@H](C)NC(=O)Nc1ccc(S(C)(=O)=O)cc1. The van der Waals surface area contributed by atoms with Crippen molar-refractivity contribution in [3.05, 3.63) is 24.3 Å². The van der Waals surface area contributed by atoms with Crippen molar-refractivity contribution >= 4 is 21.6 Å². The van der Waals surface area contributed by atoms with Crippen molar-refractivity contribution in [3.8, 4) is 0 Å². The van der Waals surface area contributed by atoms with Gasteiger partial charge in [-0.25, -0.2) is 13.2 Å². The number of nitrogens with one attached hydrogen (secondary N) is 2. The van der Waals surface area contributed by atoms with E-state index in [1.807, 2.05) is 20.8 Å². The molecule has 1 aromatic carbocycles. The zero-order valence-electron chi connectivity index (χ0n) is 11.6. The summed E-state index contributed by atoms with van der Waals surface area (Å²) >= 11 is 0. The number of hydrogen-bond acceptors (Lipinski definition) is 3. The third-order valence-corrected chi connectivity index (χ3v) is 4.03. The summed E-state index contributed by atoms with van der Waals surface area (Å²) < 4.78 is 22.6. The van der Waals surface area contributed by atoms with E-state index < -0.39 is 9.84 Å². The van der Waals surface area contributed by atoms with Gasteiger partial charge in [0.05, 0.1) is 4.90 Å². The molecule has 0 unspecified atom stereocenters. The van der Waals surface area contributed by atoms with E-state index in [2.05, 4.69) is 10.6 Å². The van der Waals surface area contributed by atoms with Crippen LogP contribution in [0, 0.1) is 5.92 Å². The second-order valence-electron chi connectivity index (χ2n) is 4.93. The summed E-state index contributed by atoms with van der Waals surface area (Å²) in [5.74, 6) is 0.346. The van der Waals surface area contributed by atoms with Crippen LogP contribution >= 0.6 is 0 Å². The smallest absolute Gasteiger partial charge is 0.319 e. The van der Waals surface area contributed by atoms with Crippen LogP contribution in [0.15, 0.2) is 29.2 Å². The molecular weight excluding hydrogens is 264 g/mol. The highest BCUT2D eigenvalue weighted by molar-refractivity contribution is 7.90. The van der Waals surface area contributed by atoms with Gasteiger partial charge >= 0.3 is 6.03 Å². The largest absolute Gasteiger partial charge is 0.335 e. The summed E-state index contributed by atoms with van der Waals surface area (Å²) in [5, 5.41) is 5.47. The molecule has 2 amide bonds. The van der Waals surface area contributed by atoms with E-state index in [1.165, 1.54) is 12.1 Å². The van der Waals surface area contributed by atoms with Gasteiger partial charge in [0.25, 0.3) is 0 Å². The maximum absolute atomic E-state index is 11.7. The number of anilines is 1. The molecule has 0 fully saturated rings. The highest BCUT2D eigenvalue weighted by atomic mass is 32.2. The molecule has 5 nitrogen and oxygen atoms in total. The fraction of sp³-hybridized carbons (Fsp3) is 0.462. The van der Waals surface area contributed by atoms with Gasteiger partial charge in [0, 0.05) is 18.0 Å². The number of carbonyl (C=O) groups is 1. The van der Waals surface area contributed by atoms with E-state index in [9.17, 15) is 13.2 Å². The summed E-state index contributed by atoms with van der Waals surface area (Å²) in [4.78, 5) is 11.9. The molecule has 1 aromatic rings. The average molecular weight is 284 g/mol. The van der Waals surface area contributed by atoms with Crippen LogP contribution in [0.3, 0.4) is 0 Å². The Morgan fingerprint density at radius 3 is 2.05 bits per heavy atom. The van der Waals surface area contributed by atoms with Crippen molar-refractivity contribution in [2.45, 2.75) is 31.7 Å². The van der Waals surface area contributed by atoms with Gasteiger partial charge in [-0.15, -0.1) is 0 Å². The van der Waals surface area contributed by atoms with E-state index >= 15 is 0 Å². The van der Waals surface area contributed by atoms with Crippen LogP contribution < -0.4 is 10.6 Å². The first-order chi connectivity index (χ1) is 8.70. The maximum Gasteiger partial charge on any atom is 0.319 e. The van der Waals surface area contributed by atoms with Gasteiger partial charge in [-0.05, 0) is 37.1 Å². The molecule has 1 rings (SSSR count). The molecule has 0 saturated heterocycles. The molecule has 6 heteroatoms. The predicted octanol–water partition coefficient (Wildman–Crippen LogP) is 2.26. The summed E-state index contributed by atoms with van der Waals surface area (Å²) in [6.07, 6.45) is 1.15. The topological polar surface area (TPSA) is 75.3 Å². The van der Waals surface area contributed by atoms with Gasteiger partial charge < -0.3 is 10.6 Å². The standard InChI is InChI=1S/C13H20N2O3S/c1-9(2)10(3)14-13(16)15-11-5-7-12(8-6-11)19(4,17)18/h5-10H,1-4H3,(H2,14,15,16)/t10-/m1/s1. The molecule has 0 aliphatic carbocycles. The van der Waals surface area contributed by atoms with Gasteiger partial charge in [0.1, 0.15) is 0 Å². The Morgan fingerprint density at radius 2 is 1.63 bits per heavy atom. The van der Waals surface area contributed by atoms with Crippen LogP contribution in [0.2, 0.25) is 0 Å². The maximum atomic E-state index is 11.7. The third-order valence-electron chi connectivity index (χ3n) is 2.90. The summed E-state index contributed by atoms with van der Waals surface area (Å²) in [7, 11) is -3.21. The number of rotatable bonds is 4. The van der Waals surface area contributed by atoms with Crippen molar-refractivity contribution in [1.29, 1.82) is 0 Å². The molecular formula is C13H20N2O3S. The lowest BCUT2D eigenvalue weighted by Gasteiger charge is -2.17. The molecule has 0 aliphatic heterocycles. The zero-order chi connectivity index (χ0) is 14.6. The van der Waals surface area contributed by atoms with Crippen molar-refractivity contribution in [1.82, 2.24) is 5.32 Å². The van der Waals surface area contributed by atoms with Crippen molar-refractivity contribution in [2.24, 2.45) is 5.92 Å². The Bertz CT molecular complexity index is 536. The van der Waals surface area contributed by atoms with Crippen LogP contribution in [0.4, 0.5) is 10.5 Å². The number of urea groups is 1. The monoisotopic (exact) mass is 284 g/mol. The Kier molecular flexibility index (Phi) is 4.94. The predicted molar refractivity (Wildman–Crippen MR) is 76.0 cm³/mol. The fourth-order valence-corrected chi connectivity index (χ4v) is 1.96. The minimum atomic E-state index is -3.21. The molecule has 0 spiro atoms. The zero-order valence-corrected chi connectivity index (χ0v) is 12.4.